The van der Waals surface area contributed by atoms with E-state index < -0.39 is 0 Å². The first-order valence-corrected chi connectivity index (χ1v) is 5.67. The highest BCUT2D eigenvalue weighted by atomic mass is 79.9. The lowest BCUT2D eigenvalue weighted by Gasteiger charge is -2.05. The highest BCUT2D eigenvalue weighted by Gasteiger charge is 1.94. The third kappa shape index (κ3) is 5.54. The van der Waals surface area contributed by atoms with Gasteiger partial charge in [-0.2, -0.15) is 0 Å². The summed E-state index contributed by atoms with van der Waals surface area (Å²) < 4.78 is 1.09. The minimum Gasteiger partial charge on any atom is -0.355 e. The van der Waals surface area contributed by atoms with Crippen molar-refractivity contribution in [3.05, 3.63) is 34.3 Å². The number of nitrogens with one attached hydrogen (secondary N) is 2. The Labute approximate surface area is 98.4 Å². The average Bonchev–Trinajstić information content (AvgIpc) is 2.17. The van der Waals surface area contributed by atoms with E-state index in [-0.39, 0.29) is 5.91 Å². The summed E-state index contributed by atoms with van der Waals surface area (Å²) >= 11 is 3.42. The second kappa shape index (κ2) is 6.58. The molecule has 0 saturated carbocycles. The van der Waals surface area contributed by atoms with Crippen LogP contribution in [0, 0.1) is 0 Å². The zero-order valence-electron chi connectivity index (χ0n) is 8.72. The molecule has 0 unspecified atom stereocenters. The van der Waals surface area contributed by atoms with E-state index in [1.54, 1.807) is 0 Å². The topological polar surface area (TPSA) is 41.1 Å². The molecule has 1 rings (SSSR count). The Balaban J connectivity index is 2.17. The maximum absolute atomic E-state index is 10.6. The van der Waals surface area contributed by atoms with Gasteiger partial charge in [-0.1, -0.05) is 28.1 Å². The fourth-order valence-corrected chi connectivity index (χ4v) is 1.65. The second-order valence-corrected chi connectivity index (χ2v) is 4.21. The second-order valence-electron chi connectivity index (χ2n) is 3.29. The number of halogens is 1. The number of carbonyl (C=O) groups excluding carboxylic acids is 1. The minimum absolute atomic E-state index is 0.0132. The first-order chi connectivity index (χ1) is 7.18. The van der Waals surface area contributed by atoms with E-state index in [4.69, 9.17) is 0 Å². The Hall–Kier alpha value is -0.870. The predicted molar refractivity (Wildman–Crippen MR) is 64.5 cm³/mol. The molecule has 2 N–H and O–H groups in total. The van der Waals surface area contributed by atoms with Crippen molar-refractivity contribution in [1.82, 2.24) is 10.6 Å². The molecule has 0 saturated heterocycles. The predicted octanol–water partition coefficient (Wildman–Crippen LogP) is 1.67. The van der Waals surface area contributed by atoms with Crippen molar-refractivity contribution in [2.24, 2.45) is 0 Å². The Morgan fingerprint density at radius 2 is 2.20 bits per heavy atom. The van der Waals surface area contributed by atoms with Crippen LogP contribution in [0.1, 0.15) is 12.5 Å². The van der Waals surface area contributed by atoms with Crippen molar-refractivity contribution in [3.8, 4) is 0 Å². The molecule has 4 heteroatoms. The summed E-state index contributed by atoms with van der Waals surface area (Å²) in [6, 6.07) is 8.15. The van der Waals surface area contributed by atoms with Crippen LogP contribution in [0.5, 0.6) is 0 Å². The van der Waals surface area contributed by atoms with Crippen molar-refractivity contribution in [2.75, 3.05) is 13.1 Å². The molecule has 15 heavy (non-hydrogen) atoms. The van der Waals surface area contributed by atoms with Crippen LogP contribution in [0.3, 0.4) is 0 Å². The zero-order chi connectivity index (χ0) is 11.1. The van der Waals surface area contributed by atoms with Crippen LogP contribution in [0.25, 0.3) is 0 Å². The van der Waals surface area contributed by atoms with E-state index in [0.717, 1.165) is 17.6 Å². The van der Waals surface area contributed by atoms with E-state index in [1.165, 1.54) is 12.5 Å². The molecular formula is C11H15BrN2O. The normalized spacial score (nSPS) is 10.0. The van der Waals surface area contributed by atoms with Crippen LogP contribution in [0.15, 0.2) is 28.7 Å². The van der Waals surface area contributed by atoms with Gasteiger partial charge < -0.3 is 10.6 Å². The molecule has 82 valence electrons. The van der Waals surface area contributed by atoms with Crippen LogP contribution in [0.4, 0.5) is 0 Å². The quantitative estimate of drug-likeness (QED) is 0.800. The van der Waals surface area contributed by atoms with E-state index in [2.05, 4.69) is 38.7 Å². The third-order valence-corrected chi connectivity index (χ3v) is 2.39. The number of hydrogen-bond acceptors (Lipinski definition) is 2. The molecular weight excluding hydrogens is 256 g/mol. The third-order valence-electron chi connectivity index (χ3n) is 1.89. The molecule has 0 spiro atoms. The van der Waals surface area contributed by atoms with E-state index in [1.807, 2.05) is 12.1 Å². The van der Waals surface area contributed by atoms with Gasteiger partial charge in [-0.05, 0) is 17.7 Å². The fraction of sp³-hybridized carbons (Fsp3) is 0.364. The smallest absolute Gasteiger partial charge is 0.216 e. The summed E-state index contributed by atoms with van der Waals surface area (Å²) in [7, 11) is 0. The molecule has 0 aliphatic heterocycles. The van der Waals surface area contributed by atoms with Gasteiger partial charge in [0.25, 0.3) is 0 Å². The number of amides is 1. The van der Waals surface area contributed by atoms with Crippen LogP contribution in [-0.4, -0.2) is 19.0 Å². The van der Waals surface area contributed by atoms with Crippen molar-refractivity contribution in [1.29, 1.82) is 0 Å². The van der Waals surface area contributed by atoms with Gasteiger partial charge in [0.2, 0.25) is 5.91 Å². The molecule has 1 amide bonds. The molecule has 0 fully saturated rings. The van der Waals surface area contributed by atoms with Crippen molar-refractivity contribution in [3.63, 3.8) is 0 Å². The summed E-state index contributed by atoms with van der Waals surface area (Å²) in [5.41, 5.74) is 1.23. The van der Waals surface area contributed by atoms with Gasteiger partial charge in [-0.15, -0.1) is 0 Å². The Morgan fingerprint density at radius 3 is 2.87 bits per heavy atom. The van der Waals surface area contributed by atoms with Gasteiger partial charge in [0.05, 0.1) is 0 Å². The molecule has 1 aromatic carbocycles. The summed E-state index contributed by atoms with van der Waals surface area (Å²) in [6.45, 7) is 3.79. The van der Waals surface area contributed by atoms with Gasteiger partial charge in [0, 0.05) is 31.0 Å². The number of hydrogen-bond donors (Lipinski definition) is 2. The molecule has 0 aliphatic carbocycles. The Kier molecular flexibility index (Phi) is 5.36. The molecule has 0 radical (unpaired) electrons. The van der Waals surface area contributed by atoms with E-state index in [0.29, 0.717) is 6.54 Å². The van der Waals surface area contributed by atoms with Gasteiger partial charge in [0.1, 0.15) is 0 Å². The first-order valence-electron chi connectivity index (χ1n) is 4.88. The molecule has 0 atom stereocenters. The number of rotatable bonds is 5. The highest BCUT2D eigenvalue weighted by Crippen LogP contribution is 2.10. The maximum atomic E-state index is 10.6. The monoisotopic (exact) mass is 270 g/mol. The van der Waals surface area contributed by atoms with E-state index in [9.17, 15) is 4.79 Å². The largest absolute Gasteiger partial charge is 0.355 e. The lowest BCUT2D eigenvalue weighted by atomic mass is 10.2. The fourth-order valence-electron chi connectivity index (χ4n) is 1.21. The minimum atomic E-state index is 0.0132. The summed E-state index contributed by atoms with van der Waals surface area (Å²) in [5, 5.41) is 5.98. The van der Waals surface area contributed by atoms with Crippen LogP contribution in [0.2, 0.25) is 0 Å². The Bertz CT molecular complexity index is 328. The average molecular weight is 271 g/mol. The van der Waals surface area contributed by atoms with E-state index >= 15 is 0 Å². The summed E-state index contributed by atoms with van der Waals surface area (Å²) in [6.07, 6.45) is 0. The van der Waals surface area contributed by atoms with Crippen LogP contribution >= 0.6 is 15.9 Å². The van der Waals surface area contributed by atoms with Crippen LogP contribution in [-0.2, 0) is 11.3 Å². The van der Waals surface area contributed by atoms with Gasteiger partial charge in [0.15, 0.2) is 0 Å². The first kappa shape index (κ1) is 12.2. The van der Waals surface area contributed by atoms with Crippen LogP contribution < -0.4 is 10.6 Å². The molecule has 3 nitrogen and oxygen atoms in total. The molecule has 0 heterocycles. The lowest BCUT2D eigenvalue weighted by molar-refractivity contribution is -0.118. The summed E-state index contributed by atoms with van der Waals surface area (Å²) in [4.78, 5) is 10.6. The van der Waals surface area contributed by atoms with Gasteiger partial charge in [-0.3, -0.25) is 4.79 Å². The van der Waals surface area contributed by atoms with Crippen molar-refractivity contribution >= 4 is 21.8 Å². The number of benzene rings is 1. The number of carbonyl (C=O) groups is 1. The lowest BCUT2D eigenvalue weighted by Crippen LogP contribution is -2.29. The Morgan fingerprint density at radius 1 is 1.40 bits per heavy atom. The van der Waals surface area contributed by atoms with Gasteiger partial charge >= 0.3 is 0 Å². The zero-order valence-corrected chi connectivity index (χ0v) is 10.3. The summed E-state index contributed by atoms with van der Waals surface area (Å²) in [5.74, 6) is 0.0132. The maximum Gasteiger partial charge on any atom is 0.216 e. The van der Waals surface area contributed by atoms with Gasteiger partial charge in [-0.25, -0.2) is 0 Å². The highest BCUT2D eigenvalue weighted by molar-refractivity contribution is 9.10. The molecule has 1 aromatic rings. The molecule has 0 bridgehead atoms. The van der Waals surface area contributed by atoms with Crippen molar-refractivity contribution in [2.45, 2.75) is 13.5 Å². The molecule has 0 aliphatic rings. The standard InChI is InChI=1S/C11H15BrN2O/c1-9(15)14-6-5-13-8-10-3-2-4-11(12)7-10/h2-4,7,13H,5-6,8H2,1H3,(H,14,15). The SMILES string of the molecule is CC(=O)NCCNCc1cccc(Br)c1. The van der Waals surface area contributed by atoms with Crippen molar-refractivity contribution < 1.29 is 4.79 Å². The molecule has 0 aromatic heterocycles.